The number of H-pyrrole nitrogens is 1. The average Bonchev–Trinajstić information content (AvgIpc) is 3.41. The number of hydrogen-bond donors (Lipinski definition) is 3. The van der Waals surface area contributed by atoms with Crippen molar-refractivity contribution in [3.05, 3.63) is 63.8 Å². The Bertz CT molecular complexity index is 1610. The quantitative estimate of drug-likeness (QED) is 0.328. The maximum absolute atomic E-state index is 13.9. The highest BCUT2D eigenvalue weighted by atomic mass is 16.5. The molecule has 3 aromatic rings. The van der Waals surface area contributed by atoms with Gasteiger partial charge < -0.3 is 30.6 Å². The molecule has 0 radical (unpaired) electrons. The largest absolute Gasteiger partial charge is 0.383 e. The fourth-order valence-corrected chi connectivity index (χ4v) is 6.35. The number of anilines is 1. The highest BCUT2D eigenvalue weighted by molar-refractivity contribution is 6.20. The molecule has 1 saturated heterocycles. The average molecular weight is 585 g/mol. The van der Waals surface area contributed by atoms with Gasteiger partial charge in [0.1, 0.15) is 6.04 Å². The minimum atomic E-state index is -0.712. The number of nitrogens with zero attached hydrogens (tertiary/aromatic N) is 3. The van der Waals surface area contributed by atoms with Crippen molar-refractivity contribution in [2.75, 3.05) is 51.3 Å². The summed E-state index contributed by atoms with van der Waals surface area (Å²) in [5, 5.41) is 13.0. The number of ketones is 1. The molecule has 226 valence electrons. The molecule has 1 aliphatic carbocycles. The zero-order valence-corrected chi connectivity index (χ0v) is 25.4. The fourth-order valence-electron chi connectivity index (χ4n) is 6.35. The first-order chi connectivity index (χ1) is 20.6. The first-order valence-electron chi connectivity index (χ1n) is 14.9. The van der Waals surface area contributed by atoms with Gasteiger partial charge in [0.05, 0.1) is 23.8 Å². The van der Waals surface area contributed by atoms with Gasteiger partial charge in [-0.2, -0.15) is 5.26 Å². The van der Waals surface area contributed by atoms with E-state index >= 15 is 0 Å². The van der Waals surface area contributed by atoms with Crippen LogP contribution in [0.25, 0.3) is 10.9 Å². The Morgan fingerprint density at radius 3 is 2.60 bits per heavy atom. The van der Waals surface area contributed by atoms with Crippen molar-refractivity contribution in [3.8, 4) is 6.07 Å². The van der Waals surface area contributed by atoms with Crippen LogP contribution in [0, 0.1) is 11.3 Å². The monoisotopic (exact) mass is 584 g/mol. The zero-order valence-electron chi connectivity index (χ0n) is 25.4. The predicted octanol–water partition coefficient (Wildman–Crippen LogP) is 2.99. The summed E-state index contributed by atoms with van der Waals surface area (Å²) in [6.45, 7) is 9.54. The van der Waals surface area contributed by atoms with Crippen molar-refractivity contribution >= 4 is 34.2 Å². The smallest absolute Gasteiger partial charge is 0.239 e. The minimum absolute atomic E-state index is 0.00817. The maximum Gasteiger partial charge on any atom is 0.239 e. The van der Waals surface area contributed by atoms with E-state index in [9.17, 15) is 19.6 Å². The van der Waals surface area contributed by atoms with Crippen LogP contribution in [0.1, 0.15) is 71.9 Å². The van der Waals surface area contributed by atoms with Crippen molar-refractivity contribution in [1.29, 1.82) is 5.26 Å². The molecule has 2 heterocycles. The Morgan fingerprint density at radius 2 is 1.93 bits per heavy atom. The normalized spacial score (nSPS) is 16.4. The summed E-state index contributed by atoms with van der Waals surface area (Å²) in [6.07, 6.45) is 1.69. The lowest BCUT2D eigenvalue weighted by molar-refractivity contribution is -0.132. The van der Waals surface area contributed by atoms with E-state index in [-0.39, 0.29) is 24.2 Å². The second kappa shape index (κ2) is 12.2. The number of nitriles is 1. The molecule has 2 aromatic carbocycles. The van der Waals surface area contributed by atoms with Crippen LogP contribution < -0.4 is 16.0 Å². The van der Waals surface area contributed by atoms with Crippen LogP contribution in [-0.4, -0.2) is 80.0 Å². The molecule has 4 N–H and O–H groups in total. The lowest BCUT2D eigenvalue weighted by Gasteiger charge is -2.39. The van der Waals surface area contributed by atoms with E-state index in [4.69, 9.17) is 10.5 Å². The van der Waals surface area contributed by atoms with Gasteiger partial charge in [0.2, 0.25) is 11.8 Å². The molecule has 10 nitrogen and oxygen atoms in total. The second-order valence-corrected chi connectivity index (χ2v) is 11.9. The van der Waals surface area contributed by atoms with Gasteiger partial charge in [-0.05, 0) is 48.2 Å². The summed E-state index contributed by atoms with van der Waals surface area (Å²) >= 11 is 0. The molecule has 0 spiro atoms. The Kier molecular flexibility index (Phi) is 8.58. The Morgan fingerprint density at radius 1 is 1.19 bits per heavy atom. The number of aromatic amines is 1. The number of carbonyl (C=O) groups is 3. The third-order valence-electron chi connectivity index (χ3n) is 8.82. The number of nitrogens with two attached hydrogens (primary N) is 1. The van der Waals surface area contributed by atoms with E-state index in [2.05, 4.69) is 54.2 Å². The highest BCUT2D eigenvalue weighted by Gasteiger charge is 2.40. The number of fused-ring (bicyclic) bond motifs is 4. The van der Waals surface area contributed by atoms with Gasteiger partial charge in [-0.3, -0.25) is 14.4 Å². The van der Waals surface area contributed by atoms with Gasteiger partial charge in [0.25, 0.3) is 0 Å². The number of carbonyl (C=O) groups excluding carboxylic acids is 3. The summed E-state index contributed by atoms with van der Waals surface area (Å²) in [4.78, 5) is 46.4. The van der Waals surface area contributed by atoms with E-state index in [1.165, 1.54) is 7.11 Å². The van der Waals surface area contributed by atoms with E-state index in [1.54, 1.807) is 12.1 Å². The van der Waals surface area contributed by atoms with Gasteiger partial charge in [0, 0.05) is 79.5 Å². The molecular formula is C33H40N6O4. The van der Waals surface area contributed by atoms with Crippen LogP contribution in [0.2, 0.25) is 0 Å². The Hall–Kier alpha value is -4.20. The number of aryl methyl sites for hydroxylation is 1. The van der Waals surface area contributed by atoms with Crippen LogP contribution >= 0.6 is 0 Å². The molecule has 1 aliphatic heterocycles. The summed E-state index contributed by atoms with van der Waals surface area (Å²) in [5.41, 5.74) is 12.1. The lowest BCUT2D eigenvalue weighted by atomic mass is 9.70. The van der Waals surface area contributed by atoms with Gasteiger partial charge in [0.15, 0.2) is 5.78 Å². The molecule has 43 heavy (non-hydrogen) atoms. The van der Waals surface area contributed by atoms with Crippen molar-refractivity contribution in [1.82, 2.24) is 15.2 Å². The van der Waals surface area contributed by atoms with Gasteiger partial charge >= 0.3 is 0 Å². The fraction of sp³-hybridized carbons (Fsp3) is 0.455. The molecule has 0 unspecified atom stereocenters. The van der Waals surface area contributed by atoms with Crippen molar-refractivity contribution in [2.24, 2.45) is 5.73 Å². The number of rotatable bonds is 9. The van der Waals surface area contributed by atoms with Crippen LogP contribution in [0.5, 0.6) is 0 Å². The number of aromatic nitrogens is 1. The molecule has 0 bridgehead atoms. The first-order valence-corrected chi connectivity index (χ1v) is 14.9. The molecule has 1 fully saturated rings. The predicted molar refractivity (Wildman–Crippen MR) is 165 cm³/mol. The maximum atomic E-state index is 13.9. The Labute approximate surface area is 252 Å². The van der Waals surface area contributed by atoms with E-state index in [0.29, 0.717) is 56.7 Å². The molecule has 5 rings (SSSR count). The number of piperazine rings is 1. The summed E-state index contributed by atoms with van der Waals surface area (Å²) in [5.74, 6) is -0.193. The third-order valence-corrected chi connectivity index (χ3v) is 8.82. The molecule has 0 saturated carbocycles. The topological polar surface area (TPSA) is 145 Å². The van der Waals surface area contributed by atoms with Gasteiger partial charge in [-0.1, -0.05) is 26.8 Å². The van der Waals surface area contributed by atoms with Crippen LogP contribution in [0.4, 0.5) is 5.69 Å². The number of nitrogens with one attached hydrogen (secondary N) is 2. The van der Waals surface area contributed by atoms with Crippen molar-refractivity contribution < 1.29 is 19.1 Å². The van der Waals surface area contributed by atoms with Crippen LogP contribution in [0.15, 0.2) is 30.3 Å². The molecule has 2 amide bonds. The van der Waals surface area contributed by atoms with E-state index in [0.717, 1.165) is 45.4 Å². The number of benzene rings is 2. The minimum Gasteiger partial charge on any atom is -0.383 e. The third kappa shape index (κ3) is 5.63. The number of methoxy groups -OCH3 is 1. The zero-order chi connectivity index (χ0) is 30.9. The molecule has 1 aromatic heterocycles. The molecule has 1 atom stereocenters. The van der Waals surface area contributed by atoms with Crippen molar-refractivity contribution in [3.63, 3.8) is 0 Å². The van der Waals surface area contributed by atoms with Crippen molar-refractivity contribution in [2.45, 2.75) is 51.5 Å². The van der Waals surface area contributed by atoms with E-state index < -0.39 is 11.5 Å². The lowest BCUT2D eigenvalue weighted by Crippen LogP contribution is -2.49. The number of hydrogen-bond acceptors (Lipinski definition) is 7. The first kappa shape index (κ1) is 30.3. The van der Waals surface area contributed by atoms with Gasteiger partial charge in [-0.15, -0.1) is 0 Å². The Balaban J connectivity index is 1.29. The van der Waals surface area contributed by atoms with E-state index in [1.807, 2.05) is 11.0 Å². The SMILES string of the molecule is CCc1cc2c(cc1N1CCN(C(=O)CCCNC(=O)[C@@H](N)COC)CC1)C(C)(C)c1[nH]c3cc(C#N)ccc3c1C2=O. The summed E-state index contributed by atoms with van der Waals surface area (Å²) < 4.78 is 4.90. The van der Waals surface area contributed by atoms with Crippen LogP contribution in [-0.2, 0) is 26.2 Å². The number of ether oxygens (including phenoxy) is 1. The standard InChI is InChI=1S/C33H40N6O4/c1-5-21-16-23-24(33(2,3)31-29(30(23)41)22-9-8-20(18-34)15-26(22)37-31)17-27(21)38-11-13-39(14-12-38)28(40)7-6-10-36-32(42)25(35)19-43-4/h8-9,15-17,25,37H,5-7,10-14,19,35H2,1-4H3,(H,36,42)/t25-/m0/s1. The van der Waals surface area contributed by atoms with Gasteiger partial charge in [-0.25, -0.2) is 0 Å². The number of amides is 2. The second-order valence-electron chi connectivity index (χ2n) is 11.9. The summed E-state index contributed by atoms with van der Waals surface area (Å²) in [7, 11) is 1.49. The molecule has 2 aliphatic rings. The molecular weight excluding hydrogens is 544 g/mol. The summed E-state index contributed by atoms with van der Waals surface area (Å²) in [6, 6.07) is 11.1. The highest BCUT2D eigenvalue weighted by Crippen LogP contribution is 2.45. The van der Waals surface area contributed by atoms with Crippen LogP contribution in [0.3, 0.4) is 0 Å². The molecule has 10 heteroatoms.